The molecule has 0 unspecified atom stereocenters. The van der Waals surface area contributed by atoms with Gasteiger partial charge in [0.05, 0.1) is 28.8 Å². The van der Waals surface area contributed by atoms with Crippen LogP contribution in [0.1, 0.15) is 20.7 Å². The number of halogens is 3. The Kier molecular flexibility index (Phi) is 6.29. The summed E-state index contributed by atoms with van der Waals surface area (Å²) in [7, 11) is -2.99. The Morgan fingerprint density at radius 2 is 1.64 bits per heavy atom. The van der Waals surface area contributed by atoms with Gasteiger partial charge in [-0.15, -0.1) is 0 Å². The molecular weight excluding hydrogens is 401 g/mol. The summed E-state index contributed by atoms with van der Waals surface area (Å²) in [4.78, 5) is 23.2. The molecule has 2 N–H and O–H groups in total. The van der Waals surface area contributed by atoms with E-state index < -0.39 is 34.6 Å². The Morgan fingerprint density at radius 1 is 1.04 bits per heavy atom. The van der Waals surface area contributed by atoms with Crippen LogP contribution in [0, 0.1) is 0 Å². The van der Waals surface area contributed by atoms with E-state index in [1.165, 1.54) is 43.5 Å². The van der Waals surface area contributed by atoms with Gasteiger partial charge in [-0.1, -0.05) is 12.1 Å². The van der Waals surface area contributed by atoms with Crippen LogP contribution >= 0.6 is 0 Å². The van der Waals surface area contributed by atoms with Crippen LogP contribution in [0.4, 0.5) is 18.9 Å². The molecule has 0 aliphatic carbocycles. The monoisotopic (exact) mass is 416 g/mol. The molecule has 0 spiro atoms. The molecule has 28 heavy (non-hydrogen) atoms. The van der Waals surface area contributed by atoms with Gasteiger partial charge >= 0.3 is 12.1 Å². The molecular formula is C17H15F3N2O5S. The van der Waals surface area contributed by atoms with Crippen LogP contribution < -0.4 is 10.0 Å². The highest BCUT2D eigenvalue weighted by Gasteiger charge is 2.28. The van der Waals surface area contributed by atoms with Crippen LogP contribution in [-0.2, 0) is 14.8 Å². The van der Waals surface area contributed by atoms with Crippen molar-refractivity contribution in [1.29, 1.82) is 0 Å². The largest absolute Gasteiger partial charge is 0.465 e. The molecule has 0 aliphatic heterocycles. The van der Waals surface area contributed by atoms with Crippen LogP contribution in [0.3, 0.4) is 0 Å². The van der Waals surface area contributed by atoms with Crippen molar-refractivity contribution < 1.29 is 35.9 Å². The smallest absolute Gasteiger partial charge is 0.405 e. The number of esters is 1. The third-order valence-corrected chi connectivity index (χ3v) is 4.83. The molecule has 0 heterocycles. The number of amides is 1. The van der Waals surface area contributed by atoms with Crippen molar-refractivity contribution in [3.8, 4) is 0 Å². The van der Waals surface area contributed by atoms with Crippen molar-refractivity contribution in [2.45, 2.75) is 11.1 Å². The highest BCUT2D eigenvalue weighted by atomic mass is 32.2. The van der Waals surface area contributed by atoms with E-state index in [0.29, 0.717) is 0 Å². The predicted molar refractivity (Wildman–Crippen MR) is 93.4 cm³/mol. The van der Waals surface area contributed by atoms with E-state index in [4.69, 9.17) is 0 Å². The molecule has 1 amide bonds. The third kappa shape index (κ3) is 5.46. The maximum Gasteiger partial charge on any atom is 0.405 e. The fraction of sp³-hybridized carbons (Fsp3) is 0.176. The fourth-order valence-electron chi connectivity index (χ4n) is 2.14. The van der Waals surface area contributed by atoms with Crippen molar-refractivity contribution in [3.05, 3.63) is 59.7 Å². The Bertz CT molecular complexity index is 973. The Balaban J connectivity index is 2.25. The number of ether oxygens (including phenoxy) is 1. The van der Waals surface area contributed by atoms with Gasteiger partial charge in [0, 0.05) is 0 Å². The van der Waals surface area contributed by atoms with Gasteiger partial charge < -0.3 is 10.1 Å². The van der Waals surface area contributed by atoms with Gasteiger partial charge in [0.2, 0.25) is 0 Å². The van der Waals surface area contributed by atoms with Gasteiger partial charge in [-0.25, -0.2) is 13.2 Å². The molecule has 7 nitrogen and oxygen atoms in total. The first-order valence-corrected chi connectivity index (χ1v) is 9.17. The van der Waals surface area contributed by atoms with Crippen LogP contribution in [-0.4, -0.2) is 40.1 Å². The van der Waals surface area contributed by atoms with Crippen molar-refractivity contribution >= 4 is 27.6 Å². The highest BCUT2D eigenvalue weighted by molar-refractivity contribution is 7.92. The average molecular weight is 416 g/mol. The first-order valence-electron chi connectivity index (χ1n) is 7.68. The molecule has 0 saturated heterocycles. The molecule has 0 fully saturated rings. The molecule has 11 heteroatoms. The average Bonchev–Trinajstić information content (AvgIpc) is 2.65. The Hall–Kier alpha value is -3.08. The van der Waals surface area contributed by atoms with Crippen molar-refractivity contribution in [2.75, 3.05) is 18.4 Å². The second-order valence-corrected chi connectivity index (χ2v) is 7.15. The Morgan fingerprint density at radius 3 is 2.21 bits per heavy atom. The molecule has 0 saturated carbocycles. The number of carbonyl (C=O) groups excluding carboxylic acids is 2. The maximum absolute atomic E-state index is 12.5. The minimum Gasteiger partial charge on any atom is -0.465 e. The fourth-order valence-corrected chi connectivity index (χ4v) is 3.22. The van der Waals surface area contributed by atoms with Crippen molar-refractivity contribution in [3.63, 3.8) is 0 Å². The summed E-state index contributed by atoms with van der Waals surface area (Å²) in [5.74, 6) is -1.74. The van der Waals surface area contributed by atoms with Gasteiger partial charge in [-0.2, -0.15) is 13.2 Å². The summed E-state index contributed by atoms with van der Waals surface area (Å²) in [5.41, 5.74) is -0.339. The molecule has 150 valence electrons. The summed E-state index contributed by atoms with van der Waals surface area (Å²) in [5, 5.41) is 1.68. The lowest BCUT2D eigenvalue weighted by molar-refractivity contribution is -0.123. The molecule has 0 aromatic heterocycles. The first kappa shape index (κ1) is 21.2. The van der Waals surface area contributed by atoms with E-state index in [-0.39, 0.29) is 21.7 Å². The minimum atomic E-state index is -4.61. The number of alkyl halides is 3. The number of carbonyl (C=O) groups is 2. The second-order valence-electron chi connectivity index (χ2n) is 5.46. The number of nitrogens with one attached hydrogen (secondary N) is 2. The predicted octanol–water partition coefficient (Wildman–Crippen LogP) is 2.57. The molecule has 0 bridgehead atoms. The van der Waals surface area contributed by atoms with Crippen molar-refractivity contribution in [2.24, 2.45) is 0 Å². The van der Waals surface area contributed by atoms with Crippen molar-refractivity contribution in [1.82, 2.24) is 5.32 Å². The summed E-state index contributed by atoms with van der Waals surface area (Å²) in [6.45, 7) is -1.55. The van der Waals surface area contributed by atoms with Gasteiger partial charge in [-0.05, 0) is 36.4 Å². The van der Waals surface area contributed by atoms with Gasteiger partial charge in [0.1, 0.15) is 6.54 Å². The van der Waals surface area contributed by atoms with Crippen LogP contribution in [0.5, 0.6) is 0 Å². The number of hydrogen-bond acceptors (Lipinski definition) is 5. The molecule has 0 atom stereocenters. The van der Waals surface area contributed by atoms with E-state index in [1.807, 2.05) is 0 Å². The molecule has 2 aromatic carbocycles. The van der Waals surface area contributed by atoms with Crippen LogP contribution in [0.25, 0.3) is 0 Å². The van der Waals surface area contributed by atoms with Crippen LogP contribution in [0.2, 0.25) is 0 Å². The van der Waals surface area contributed by atoms with E-state index in [1.54, 1.807) is 5.32 Å². The first-order chi connectivity index (χ1) is 13.0. The summed E-state index contributed by atoms with van der Waals surface area (Å²) in [6, 6.07) is 10.0. The normalized spacial score (nSPS) is 11.6. The number of anilines is 1. The lowest BCUT2D eigenvalue weighted by atomic mass is 10.1. The number of rotatable bonds is 6. The summed E-state index contributed by atoms with van der Waals surface area (Å²) in [6.07, 6.45) is -4.61. The number of hydrogen-bond donors (Lipinski definition) is 2. The number of methoxy groups -OCH3 is 1. The van der Waals surface area contributed by atoms with Gasteiger partial charge in [0.15, 0.2) is 0 Å². The SMILES string of the molecule is COC(=O)c1ccc(S(=O)(=O)Nc2ccccc2C(=O)NCC(F)(F)F)cc1. The van der Waals surface area contributed by atoms with E-state index >= 15 is 0 Å². The van der Waals surface area contributed by atoms with E-state index in [0.717, 1.165) is 12.1 Å². The molecule has 2 aromatic rings. The lowest BCUT2D eigenvalue weighted by Crippen LogP contribution is -2.34. The third-order valence-electron chi connectivity index (χ3n) is 3.45. The number of para-hydroxylation sites is 1. The number of benzene rings is 2. The lowest BCUT2D eigenvalue weighted by Gasteiger charge is -2.13. The van der Waals surface area contributed by atoms with E-state index in [9.17, 15) is 31.2 Å². The second kappa shape index (κ2) is 8.30. The summed E-state index contributed by atoms with van der Waals surface area (Å²) >= 11 is 0. The van der Waals surface area contributed by atoms with E-state index in [2.05, 4.69) is 9.46 Å². The zero-order chi connectivity index (χ0) is 20.9. The molecule has 0 radical (unpaired) electrons. The summed E-state index contributed by atoms with van der Waals surface area (Å²) < 4.78 is 68.5. The molecule has 2 rings (SSSR count). The number of sulfonamides is 1. The van der Waals surface area contributed by atoms with Gasteiger partial charge in [-0.3, -0.25) is 9.52 Å². The van der Waals surface area contributed by atoms with Gasteiger partial charge in [0.25, 0.3) is 15.9 Å². The van der Waals surface area contributed by atoms with Crippen LogP contribution in [0.15, 0.2) is 53.4 Å². The Labute approximate surface area is 158 Å². The maximum atomic E-state index is 12.5. The standard InChI is InChI=1S/C17H15F3N2O5S/c1-27-16(24)11-6-8-12(9-7-11)28(25,26)22-14-5-3-2-4-13(14)15(23)21-10-17(18,19)20/h2-9,22H,10H2,1H3,(H,21,23). The topological polar surface area (TPSA) is 102 Å². The zero-order valence-electron chi connectivity index (χ0n) is 14.4. The zero-order valence-corrected chi connectivity index (χ0v) is 15.2. The minimum absolute atomic E-state index is 0.133. The quantitative estimate of drug-likeness (QED) is 0.705. The molecule has 0 aliphatic rings. The highest BCUT2D eigenvalue weighted by Crippen LogP contribution is 2.21.